The fourth-order valence-corrected chi connectivity index (χ4v) is 3.47. The predicted octanol–water partition coefficient (Wildman–Crippen LogP) is 3.75. The van der Waals surface area contributed by atoms with E-state index in [2.05, 4.69) is 0 Å². The van der Waals surface area contributed by atoms with E-state index in [4.69, 9.17) is 9.52 Å². The highest BCUT2D eigenvalue weighted by molar-refractivity contribution is 5.98. The Morgan fingerprint density at radius 3 is 2.27 bits per heavy atom. The summed E-state index contributed by atoms with van der Waals surface area (Å²) in [5.41, 5.74) is -0.773. The molecule has 4 aromatic rings. The van der Waals surface area contributed by atoms with Crippen molar-refractivity contribution in [2.75, 3.05) is 0 Å². The van der Waals surface area contributed by atoms with Gasteiger partial charge in [-0.05, 0) is 35.4 Å². The summed E-state index contributed by atoms with van der Waals surface area (Å²) in [6.07, 6.45) is 2.15. The summed E-state index contributed by atoms with van der Waals surface area (Å²) in [7, 11) is 0. The number of carboxylic acid groups (broad SMARTS) is 1. The Labute approximate surface area is 185 Å². The van der Waals surface area contributed by atoms with Crippen molar-refractivity contribution < 1.29 is 39.9 Å². The van der Waals surface area contributed by atoms with Crippen molar-refractivity contribution >= 4 is 23.0 Å². The van der Waals surface area contributed by atoms with E-state index in [1.807, 2.05) is 0 Å². The summed E-state index contributed by atoms with van der Waals surface area (Å²) < 4.78 is 5.56. The maximum atomic E-state index is 12.9. The van der Waals surface area contributed by atoms with Crippen molar-refractivity contribution in [2.45, 2.75) is 0 Å². The number of hydrogen-bond acceptors (Lipinski definition) is 8. The minimum atomic E-state index is -1.20. The second-order valence-corrected chi connectivity index (χ2v) is 7.06. The van der Waals surface area contributed by atoms with Gasteiger partial charge in [0.25, 0.3) is 0 Å². The lowest BCUT2D eigenvalue weighted by Gasteiger charge is -2.14. The summed E-state index contributed by atoms with van der Waals surface area (Å²) in [6, 6.07) is 10.9. The molecule has 6 N–H and O–H groups in total. The Balaban J connectivity index is 1.99. The Morgan fingerprint density at radius 2 is 1.58 bits per heavy atom. The number of phenols is 4. The van der Waals surface area contributed by atoms with Crippen LogP contribution in [0.15, 0.2) is 63.8 Å². The molecule has 3 aromatic carbocycles. The van der Waals surface area contributed by atoms with Crippen LogP contribution in [-0.2, 0) is 4.79 Å². The highest BCUT2D eigenvalue weighted by Crippen LogP contribution is 2.45. The maximum Gasteiger partial charge on any atom is 0.328 e. The fraction of sp³-hybridized carbons (Fsp3) is 0. The molecule has 1 aromatic heterocycles. The van der Waals surface area contributed by atoms with Gasteiger partial charge in [0.05, 0.1) is 5.56 Å². The van der Waals surface area contributed by atoms with Gasteiger partial charge >= 0.3 is 5.97 Å². The second kappa shape index (κ2) is 7.97. The molecule has 0 unspecified atom stereocenters. The average Bonchev–Trinajstić information content (AvgIpc) is 2.77. The molecule has 0 radical (unpaired) electrons. The van der Waals surface area contributed by atoms with Gasteiger partial charge in [0, 0.05) is 17.7 Å². The van der Waals surface area contributed by atoms with Crippen LogP contribution >= 0.6 is 0 Å². The quantitative estimate of drug-likeness (QED) is 0.201. The summed E-state index contributed by atoms with van der Waals surface area (Å²) in [4.78, 5) is 23.8. The van der Waals surface area contributed by atoms with Crippen molar-refractivity contribution in [3.8, 4) is 51.2 Å². The van der Waals surface area contributed by atoms with Crippen LogP contribution < -0.4 is 5.43 Å². The Kier molecular flexibility index (Phi) is 5.15. The molecule has 0 saturated carbocycles. The number of hydrogen-bond donors (Lipinski definition) is 6. The van der Waals surface area contributed by atoms with E-state index in [9.17, 15) is 35.1 Å². The normalized spacial score (nSPS) is 11.3. The number of aromatic hydroxyl groups is 5. The van der Waals surface area contributed by atoms with Crippen LogP contribution in [-0.4, -0.2) is 36.6 Å². The minimum absolute atomic E-state index is 0.0639. The number of rotatable bonds is 4. The maximum absolute atomic E-state index is 12.9. The number of carbonyl (C=O) groups is 1. The standard InChI is InChI=1S/C24H16O9/c25-14-7-5-12(9-15(14)26)24-23(32)22(31)20-17(33-24)10-16(27)19(21(20)30)13-4-2-1-3-11(13)6-8-18(28)29/h1-10,25-27,30,32H,(H,28,29). The monoisotopic (exact) mass is 448 g/mol. The van der Waals surface area contributed by atoms with Crippen molar-refractivity contribution in [1.82, 2.24) is 0 Å². The van der Waals surface area contributed by atoms with Gasteiger partial charge in [0.2, 0.25) is 11.2 Å². The summed E-state index contributed by atoms with van der Waals surface area (Å²) in [5.74, 6) is -4.48. The molecule has 0 amide bonds. The van der Waals surface area contributed by atoms with Crippen molar-refractivity contribution in [3.05, 3.63) is 70.4 Å². The van der Waals surface area contributed by atoms with Gasteiger partial charge in [-0.3, -0.25) is 4.79 Å². The molecule has 166 valence electrons. The fourth-order valence-electron chi connectivity index (χ4n) is 3.47. The van der Waals surface area contributed by atoms with Crippen molar-refractivity contribution in [3.63, 3.8) is 0 Å². The van der Waals surface area contributed by atoms with E-state index in [1.165, 1.54) is 18.2 Å². The van der Waals surface area contributed by atoms with Crippen molar-refractivity contribution in [1.29, 1.82) is 0 Å². The van der Waals surface area contributed by atoms with E-state index in [0.29, 0.717) is 5.56 Å². The van der Waals surface area contributed by atoms with Gasteiger partial charge in [-0.2, -0.15) is 0 Å². The van der Waals surface area contributed by atoms with Crippen LogP contribution in [0.3, 0.4) is 0 Å². The molecule has 4 rings (SSSR count). The first-order valence-corrected chi connectivity index (χ1v) is 9.46. The van der Waals surface area contributed by atoms with Gasteiger partial charge < -0.3 is 35.1 Å². The first kappa shape index (κ1) is 21.3. The van der Waals surface area contributed by atoms with Gasteiger partial charge in [-0.15, -0.1) is 0 Å². The topological polar surface area (TPSA) is 169 Å². The summed E-state index contributed by atoms with van der Waals surface area (Å²) in [5, 5.41) is 59.7. The molecule has 0 fully saturated rings. The van der Waals surface area contributed by atoms with E-state index in [-0.39, 0.29) is 28.0 Å². The molecule has 0 aliphatic rings. The van der Waals surface area contributed by atoms with Crippen molar-refractivity contribution in [2.24, 2.45) is 0 Å². The van der Waals surface area contributed by atoms with E-state index < -0.39 is 45.5 Å². The number of carboxylic acids is 1. The molecular formula is C24H16O9. The lowest BCUT2D eigenvalue weighted by Crippen LogP contribution is -2.04. The second-order valence-electron chi connectivity index (χ2n) is 7.06. The first-order chi connectivity index (χ1) is 15.7. The third kappa shape index (κ3) is 3.68. The molecule has 0 aliphatic heterocycles. The molecule has 0 bridgehead atoms. The zero-order valence-corrected chi connectivity index (χ0v) is 16.7. The number of phenolic OH excluding ortho intramolecular Hbond substituents is 4. The van der Waals surface area contributed by atoms with Crippen LogP contribution in [0.5, 0.6) is 28.7 Å². The molecule has 0 atom stereocenters. The van der Waals surface area contributed by atoms with Crippen LogP contribution in [0.4, 0.5) is 0 Å². The molecule has 1 heterocycles. The molecule has 9 heteroatoms. The zero-order chi connectivity index (χ0) is 23.9. The summed E-state index contributed by atoms with van der Waals surface area (Å²) in [6.45, 7) is 0. The lowest BCUT2D eigenvalue weighted by molar-refractivity contribution is -0.131. The minimum Gasteiger partial charge on any atom is -0.507 e. The SMILES string of the molecule is O=C(O)C=Cc1ccccc1-c1c(O)cc2oc(-c3ccc(O)c(O)c3)c(O)c(=O)c2c1O. The Hall–Kier alpha value is -4.92. The van der Waals surface area contributed by atoms with Crippen LogP contribution in [0.25, 0.3) is 39.5 Å². The smallest absolute Gasteiger partial charge is 0.328 e. The molecule has 0 aliphatic carbocycles. The number of aliphatic carboxylic acids is 1. The lowest BCUT2D eigenvalue weighted by atomic mass is 9.95. The summed E-state index contributed by atoms with van der Waals surface area (Å²) >= 11 is 0. The van der Waals surface area contributed by atoms with E-state index in [0.717, 1.165) is 24.3 Å². The number of benzene rings is 3. The van der Waals surface area contributed by atoms with E-state index in [1.54, 1.807) is 18.2 Å². The van der Waals surface area contributed by atoms with Crippen LogP contribution in [0.1, 0.15) is 5.56 Å². The van der Waals surface area contributed by atoms with Gasteiger partial charge in [0.15, 0.2) is 17.3 Å². The Bertz CT molecular complexity index is 1510. The third-order valence-electron chi connectivity index (χ3n) is 4.99. The molecule has 33 heavy (non-hydrogen) atoms. The highest BCUT2D eigenvalue weighted by Gasteiger charge is 2.24. The highest BCUT2D eigenvalue weighted by atomic mass is 16.4. The molecule has 0 saturated heterocycles. The largest absolute Gasteiger partial charge is 0.507 e. The van der Waals surface area contributed by atoms with Gasteiger partial charge in [0.1, 0.15) is 22.5 Å². The van der Waals surface area contributed by atoms with E-state index >= 15 is 0 Å². The van der Waals surface area contributed by atoms with Crippen LogP contribution in [0, 0.1) is 0 Å². The first-order valence-electron chi connectivity index (χ1n) is 9.46. The Morgan fingerprint density at radius 1 is 0.848 bits per heavy atom. The predicted molar refractivity (Wildman–Crippen MR) is 118 cm³/mol. The number of fused-ring (bicyclic) bond motifs is 1. The molecule has 9 nitrogen and oxygen atoms in total. The van der Waals surface area contributed by atoms with Gasteiger partial charge in [-0.25, -0.2) is 4.79 Å². The zero-order valence-electron chi connectivity index (χ0n) is 16.7. The van der Waals surface area contributed by atoms with Gasteiger partial charge in [-0.1, -0.05) is 24.3 Å². The van der Waals surface area contributed by atoms with Crippen LogP contribution in [0.2, 0.25) is 0 Å². The molecule has 0 spiro atoms. The molecular weight excluding hydrogens is 432 g/mol. The average molecular weight is 448 g/mol. The third-order valence-corrected chi connectivity index (χ3v) is 4.99.